The van der Waals surface area contributed by atoms with Crippen molar-refractivity contribution in [1.29, 1.82) is 0 Å². The van der Waals surface area contributed by atoms with Crippen molar-refractivity contribution in [3.8, 4) is 0 Å². The van der Waals surface area contributed by atoms with Gasteiger partial charge in [0.2, 0.25) is 0 Å². The van der Waals surface area contributed by atoms with Crippen LogP contribution in [0.4, 0.5) is 0 Å². The summed E-state index contributed by atoms with van der Waals surface area (Å²) in [6.45, 7) is 1.000. The summed E-state index contributed by atoms with van der Waals surface area (Å²) in [5, 5.41) is 3.66. The fraction of sp³-hybridized carbons (Fsp3) is 0.312. The Balaban J connectivity index is 1.75. The van der Waals surface area contributed by atoms with Crippen molar-refractivity contribution in [3.63, 3.8) is 0 Å². The minimum Gasteiger partial charge on any atom is -0.305 e. The van der Waals surface area contributed by atoms with Crippen LogP contribution >= 0.6 is 0 Å². The summed E-state index contributed by atoms with van der Waals surface area (Å²) in [4.78, 5) is 4.62. The Morgan fingerprint density at radius 2 is 1.94 bits per heavy atom. The van der Waals surface area contributed by atoms with Crippen LogP contribution in [0.5, 0.6) is 0 Å². The maximum Gasteiger partial charge on any atom is 0.0485 e. The first-order valence-corrected chi connectivity index (χ1v) is 6.68. The zero-order valence-corrected chi connectivity index (χ0v) is 10.3. The number of rotatable bonds is 1. The van der Waals surface area contributed by atoms with E-state index in [2.05, 4.69) is 46.7 Å². The van der Waals surface area contributed by atoms with Crippen molar-refractivity contribution >= 4 is 0 Å². The van der Waals surface area contributed by atoms with Gasteiger partial charge in [0.1, 0.15) is 0 Å². The number of pyridine rings is 1. The van der Waals surface area contributed by atoms with Gasteiger partial charge in [-0.05, 0) is 35.6 Å². The van der Waals surface area contributed by atoms with Gasteiger partial charge in [0.05, 0.1) is 0 Å². The molecular weight excluding hydrogens is 220 g/mol. The highest BCUT2D eigenvalue weighted by atomic mass is 15.0. The third-order valence-corrected chi connectivity index (χ3v) is 4.31. The third-order valence-electron chi connectivity index (χ3n) is 4.31. The van der Waals surface area contributed by atoms with Gasteiger partial charge >= 0.3 is 0 Å². The van der Waals surface area contributed by atoms with Gasteiger partial charge < -0.3 is 5.32 Å². The smallest absolute Gasteiger partial charge is 0.0485 e. The first-order chi connectivity index (χ1) is 8.93. The average Bonchev–Trinajstić information content (AvgIpc) is 3.01. The molecule has 2 heterocycles. The lowest BCUT2D eigenvalue weighted by molar-refractivity contribution is 0.468. The Labute approximate surface area is 107 Å². The van der Waals surface area contributed by atoms with Crippen molar-refractivity contribution in [2.45, 2.75) is 31.3 Å². The molecule has 1 aliphatic carbocycles. The molecule has 1 N–H and O–H groups in total. The van der Waals surface area contributed by atoms with Gasteiger partial charge in [-0.25, -0.2) is 0 Å². The van der Waals surface area contributed by atoms with Crippen LogP contribution in [0.3, 0.4) is 0 Å². The van der Waals surface area contributed by atoms with E-state index in [9.17, 15) is 0 Å². The molecule has 2 atom stereocenters. The Hall–Kier alpha value is -1.67. The number of benzene rings is 1. The third kappa shape index (κ3) is 1.42. The molecule has 2 aliphatic rings. The second kappa shape index (κ2) is 3.92. The minimum absolute atomic E-state index is 0.456. The zero-order valence-electron chi connectivity index (χ0n) is 10.3. The molecule has 1 aromatic carbocycles. The molecule has 2 nitrogen and oxygen atoms in total. The van der Waals surface area contributed by atoms with Gasteiger partial charge in [-0.15, -0.1) is 0 Å². The normalized spacial score (nSPS) is 24.9. The van der Waals surface area contributed by atoms with Crippen molar-refractivity contribution in [3.05, 3.63) is 65.0 Å². The van der Waals surface area contributed by atoms with Gasteiger partial charge in [-0.3, -0.25) is 4.98 Å². The molecule has 0 radical (unpaired) electrons. The topological polar surface area (TPSA) is 24.9 Å². The number of aryl methyl sites for hydroxylation is 1. The van der Waals surface area contributed by atoms with Gasteiger partial charge in [0, 0.05) is 30.4 Å². The second-order valence-electron chi connectivity index (χ2n) is 5.25. The van der Waals surface area contributed by atoms with E-state index in [-0.39, 0.29) is 0 Å². The zero-order chi connectivity index (χ0) is 11.9. The molecule has 0 saturated carbocycles. The van der Waals surface area contributed by atoms with E-state index in [1.807, 2.05) is 6.20 Å². The summed E-state index contributed by atoms with van der Waals surface area (Å²) in [6, 6.07) is 13.5. The number of hydrogen-bond acceptors (Lipinski definition) is 2. The van der Waals surface area contributed by atoms with E-state index in [0.717, 1.165) is 6.54 Å². The van der Waals surface area contributed by atoms with E-state index in [1.165, 1.54) is 35.2 Å². The highest BCUT2D eigenvalue weighted by Gasteiger charge is 2.35. The van der Waals surface area contributed by atoms with Crippen molar-refractivity contribution in [2.75, 3.05) is 0 Å². The number of fused-ring (bicyclic) bond motifs is 2. The van der Waals surface area contributed by atoms with Crippen LogP contribution in [-0.4, -0.2) is 4.98 Å². The number of aromatic nitrogens is 1. The summed E-state index contributed by atoms with van der Waals surface area (Å²) in [7, 11) is 0. The Morgan fingerprint density at radius 3 is 2.94 bits per heavy atom. The molecule has 2 aromatic rings. The molecule has 4 rings (SSSR count). The van der Waals surface area contributed by atoms with Crippen LogP contribution in [0.15, 0.2) is 42.6 Å². The highest BCUT2D eigenvalue weighted by Crippen LogP contribution is 2.43. The molecule has 0 saturated heterocycles. The summed E-state index contributed by atoms with van der Waals surface area (Å²) in [5.41, 5.74) is 5.67. The molecule has 0 fully saturated rings. The molecule has 2 unspecified atom stereocenters. The predicted molar refractivity (Wildman–Crippen MR) is 71.3 cm³/mol. The summed E-state index contributed by atoms with van der Waals surface area (Å²) < 4.78 is 0. The molecule has 2 heteroatoms. The fourth-order valence-corrected chi connectivity index (χ4v) is 3.46. The van der Waals surface area contributed by atoms with Crippen LogP contribution in [0.1, 0.15) is 40.8 Å². The van der Waals surface area contributed by atoms with Crippen LogP contribution in [0.2, 0.25) is 0 Å². The standard InChI is InChI=1S/C16H16N2/c1-2-6-13-12(4-1)10-18-16(13)14-8-7-11-5-3-9-17-15(11)14/h1-6,9,14,16,18H,7-8,10H2. The van der Waals surface area contributed by atoms with E-state index in [4.69, 9.17) is 0 Å². The SMILES string of the molecule is c1ccc2c(c1)CNC2C1CCc2cccnc21. The molecular formula is C16H16N2. The maximum atomic E-state index is 4.62. The Morgan fingerprint density at radius 1 is 1.06 bits per heavy atom. The molecule has 0 bridgehead atoms. The number of nitrogens with one attached hydrogen (secondary N) is 1. The van der Waals surface area contributed by atoms with Crippen molar-refractivity contribution < 1.29 is 0 Å². The number of nitrogens with zero attached hydrogens (tertiary/aromatic N) is 1. The van der Waals surface area contributed by atoms with E-state index < -0.39 is 0 Å². The van der Waals surface area contributed by atoms with E-state index in [0.29, 0.717) is 12.0 Å². The predicted octanol–water partition coefficient (Wildman–Crippen LogP) is 2.96. The van der Waals surface area contributed by atoms with Crippen LogP contribution < -0.4 is 5.32 Å². The van der Waals surface area contributed by atoms with E-state index >= 15 is 0 Å². The van der Waals surface area contributed by atoms with Gasteiger partial charge in [-0.2, -0.15) is 0 Å². The lowest BCUT2D eigenvalue weighted by Crippen LogP contribution is -2.19. The summed E-state index contributed by atoms with van der Waals surface area (Å²) in [5.74, 6) is 0.546. The van der Waals surface area contributed by atoms with Crippen LogP contribution in [0.25, 0.3) is 0 Å². The quantitative estimate of drug-likeness (QED) is 0.823. The van der Waals surface area contributed by atoms with Crippen molar-refractivity contribution in [1.82, 2.24) is 10.3 Å². The molecule has 1 aliphatic heterocycles. The molecule has 1 aromatic heterocycles. The fourth-order valence-electron chi connectivity index (χ4n) is 3.46. The summed E-state index contributed by atoms with van der Waals surface area (Å²) >= 11 is 0. The Kier molecular flexibility index (Phi) is 2.24. The van der Waals surface area contributed by atoms with Gasteiger partial charge in [0.15, 0.2) is 0 Å². The van der Waals surface area contributed by atoms with Crippen LogP contribution in [-0.2, 0) is 13.0 Å². The lowest BCUT2D eigenvalue weighted by atomic mass is 9.91. The average molecular weight is 236 g/mol. The minimum atomic E-state index is 0.456. The summed E-state index contributed by atoms with van der Waals surface area (Å²) in [6.07, 6.45) is 4.32. The lowest BCUT2D eigenvalue weighted by Gasteiger charge is -2.20. The molecule has 90 valence electrons. The van der Waals surface area contributed by atoms with Crippen molar-refractivity contribution in [2.24, 2.45) is 0 Å². The van der Waals surface area contributed by atoms with E-state index in [1.54, 1.807) is 0 Å². The highest BCUT2D eigenvalue weighted by molar-refractivity contribution is 5.39. The molecule has 18 heavy (non-hydrogen) atoms. The molecule has 0 amide bonds. The van der Waals surface area contributed by atoms with Crippen LogP contribution in [0, 0.1) is 0 Å². The first-order valence-electron chi connectivity index (χ1n) is 6.68. The first kappa shape index (κ1) is 10.3. The second-order valence-corrected chi connectivity index (χ2v) is 5.25. The largest absolute Gasteiger partial charge is 0.305 e. The maximum absolute atomic E-state index is 4.62. The Bertz CT molecular complexity index is 538. The van der Waals surface area contributed by atoms with Gasteiger partial charge in [-0.1, -0.05) is 30.3 Å². The van der Waals surface area contributed by atoms with Gasteiger partial charge in [0.25, 0.3) is 0 Å². The monoisotopic (exact) mass is 236 g/mol. The molecule has 0 spiro atoms. The number of hydrogen-bond donors (Lipinski definition) is 1.